The van der Waals surface area contributed by atoms with Crippen molar-refractivity contribution in [2.45, 2.75) is 135 Å². The number of Topliss-reactive ketones (excluding diaryl/α,β-unsaturated/α-hetero) is 2. The molecule has 0 aromatic heterocycles. The Hall–Kier alpha value is -1.76. The number of hydrogen-bond donors (Lipinski definition) is 1. The number of hydrogen-bond acceptors (Lipinski definition) is 5. The molecule has 0 aromatic carbocycles. The Morgan fingerprint density at radius 3 is 1.51 bits per heavy atom. The van der Waals surface area contributed by atoms with Crippen molar-refractivity contribution in [3.8, 4) is 0 Å². The van der Waals surface area contributed by atoms with Crippen molar-refractivity contribution >= 4 is 23.4 Å². The lowest BCUT2D eigenvalue weighted by Gasteiger charge is -2.19. The maximum atomic E-state index is 11.4. The molecule has 0 saturated heterocycles. The van der Waals surface area contributed by atoms with E-state index in [1.807, 2.05) is 34.6 Å². The molecule has 0 heterocycles. The van der Waals surface area contributed by atoms with E-state index in [1.165, 1.54) is 12.8 Å². The smallest absolute Gasteiger partial charge is 0.239 e. The van der Waals surface area contributed by atoms with Crippen LogP contribution in [0.4, 0.5) is 0 Å². The summed E-state index contributed by atoms with van der Waals surface area (Å²) in [6, 6.07) is 0. The van der Waals surface area contributed by atoms with Crippen LogP contribution in [0.5, 0.6) is 0 Å². The zero-order valence-electron chi connectivity index (χ0n) is 28.4. The zero-order valence-corrected chi connectivity index (χ0v) is 28.4. The molecule has 0 saturated carbocycles. The van der Waals surface area contributed by atoms with Gasteiger partial charge in [0.1, 0.15) is 11.6 Å². The topological polar surface area (TPSA) is 92.8 Å². The van der Waals surface area contributed by atoms with Crippen molar-refractivity contribution in [1.29, 1.82) is 0 Å². The fourth-order valence-corrected chi connectivity index (χ4v) is 3.56. The molecular formula is C34H70N2O5. The Kier molecular flexibility index (Phi) is 33.5. The first-order valence-electron chi connectivity index (χ1n) is 15.9. The number of rotatable bonds is 19. The van der Waals surface area contributed by atoms with Gasteiger partial charge in [-0.05, 0) is 36.5 Å². The second kappa shape index (κ2) is 29.7. The van der Waals surface area contributed by atoms with E-state index < -0.39 is 0 Å². The average Bonchev–Trinajstić information content (AvgIpc) is 2.92. The molecule has 7 heteroatoms. The van der Waals surface area contributed by atoms with Gasteiger partial charge in [0.25, 0.3) is 0 Å². The van der Waals surface area contributed by atoms with Gasteiger partial charge in [-0.1, -0.05) is 96.4 Å². The number of ketones is 2. The molecule has 41 heavy (non-hydrogen) atoms. The van der Waals surface area contributed by atoms with Gasteiger partial charge in [-0.25, -0.2) is 0 Å². The first-order valence-corrected chi connectivity index (χ1v) is 15.9. The third-order valence-electron chi connectivity index (χ3n) is 6.75. The van der Waals surface area contributed by atoms with Gasteiger partial charge in [-0.3, -0.25) is 19.2 Å². The Bertz CT molecular complexity index is 640. The van der Waals surface area contributed by atoms with Crippen LogP contribution in [0.3, 0.4) is 0 Å². The largest absolute Gasteiger partial charge is 0.381 e. The van der Waals surface area contributed by atoms with E-state index in [-0.39, 0.29) is 43.3 Å². The standard InChI is InChI=1S/C12H22O2.C11H22N2O2.C10H22O.CH4/c1-5-11(13)7-10(9(3)4)8-12(14)6-2;1-5-11(15)13(6-2)8-10(14)12-7-9(3)4;1-5-10(6-2)8-11-7-9(3)4;/h9-10H,5-8H2,1-4H3;9H,5-8H2,1-4H3,(H,12,14);9-10H,5-8H2,1-4H3;1H4. The molecule has 1 N–H and O–H groups in total. The summed E-state index contributed by atoms with van der Waals surface area (Å²) in [4.78, 5) is 46.9. The van der Waals surface area contributed by atoms with Gasteiger partial charge in [0.2, 0.25) is 11.8 Å². The molecule has 246 valence electrons. The molecule has 0 aromatic rings. The Morgan fingerprint density at radius 2 is 1.20 bits per heavy atom. The lowest BCUT2D eigenvalue weighted by molar-refractivity contribution is -0.135. The van der Waals surface area contributed by atoms with Gasteiger partial charge in [-0.2, -0.15) is 0 Å². The highest BCUT2D eigenvalue weighted by Crippen LogP contribution is 2.21. The minimum atomic E-state index is -0.0765. The average molecular weight is 587 g/mol. The summed E-state index contributed by atoms with van der Waals surface area (Å²) in [6.45, 7) is 27.8. The fourth-order valence-electron chi connectivity index (χ4n) is 3.56. The van der Waals surface area contributed by atoms with Crippen LogP contribution >= 0.6 is 0 Å². The zero-order chi connectivity index (χ0) is 31.7. The van der Waals surface area contributed by atoms with Gasteiger partial charge in [0, 0.05) is 58.4 Å². The SMILES string of the molecule is C.CCC(=O)CC(CC(=O)CC)C(C)C.CCC(=O)N(CC)CC(=O)NCC(C)C.CCC(CC)COCC(C)C. The van der Waals surface area contributed by atoms with Crippen LogP contribution in [0.2, 0.25) is 0 Å². The van der Waals surface area contributed by atoms with Crippen LogP contribution in [0.15, 0.2) is 0 Å². The summed E-state index contributed by atoms with van der Waals surface area (Å²) < 4.78 is 5.54. The molecule has 0 rings (SSSR count). The normalized spacial score (nSPS) is 10.6. The molecule has 7 nitrogen and oxygen atoms in total. The molecule has 0 aliphatic carbocycles. The van der Waals surface area contributed by atoms with Crippen LogP contribution in [0.25, 0.3) is 0 Å². The molecule has 0 unspecified atom stereocenters. The quantitative estimate of drug-likeness (QED) is 0.167. The van der Waals surface area contributed by atoms with Crippen molar-refractivity contribution < 1.29 is 23.9 Å². The number of carbonyl (C=O) groups is 4. The first-order chi connectivity index (χ1) is 18.7. The second-order valence-corrected chi connectivity index (χ2v) is 11.8. The number of nitrogens with one attached hydrogen (secondary N) is 1. The summed E-state index contributed by atoms with van der Waals surface area (Å²) in [5.74, 6) is 3.03. The molecule has 0 atom stereocenters. The van der Waals surface area contributed by atoms with E-state index in [0.29, 0.717) is 62.9 Å². The van der Waals surface area contributed by atoms with Gasteiger partial charge < -0.3 is 15.0 Å². The van der Waals surface area contributed by atoms with Crippen molar-refractivity contribution in [3.05, 3.63) is 0 Å². The van der Waals surface area contributed by atoms with E-state index in [4.69, 9.17) is 4.74 Å². The van der Waals surface area contributed by atoms with Crippen LogP contribution in [0, 0.1) is 29.6 Å². The number of nitrogens with zero attached hydrogens (tertiary/aromatic N) is 1. The first kappa shape index (κ1) is 46.2. The molecule has 0 aliphatic rings. The molecule has 0 spiro atoms. The highest BCUT2D eigenvalue weighted by molar-refractivity contribution is 5.84. The molecule has 0 aliphatic heterocycles. The van der Waals surface area contributed by atoms with E-state index >= 15 is 0 Å². The summed E-state index contributed by atoms with van der Waals surface area (Å²) in [5, 5.41) is 2.79. The van der Waals surface area contributed by atoms with Crippen LogP contribution < -0.4 is 5.32 Å². The molecule has 2 amide bonds. The molecule has 0 radical (unpaired) electrons. The lowest BCUT2D eigenvalue weighted by Crippen LogP contribution is -2.41. The van der Waals surface area contributed by atoms with Crippen LogP contribution in [-0.4, -0.2) is 61.1 Å². The van der Waals surface area contributed by atoms with Gasteiger partial charge in [0.05, 0.1) is 6.54 Å². The van der Waals surface area contributed by atoms with Crippen molar-refractivity contribution in [1.82, 2.24) is 10.2 Å². The maximum absolute atomic E-state index is 11.4. The minimum absolute atomic E-state index is 0. The number of likely N-dealkylation sites (N-methyl/N-ethyl adjacent to an activating group) is 1. The predicted octanol–water partition coefficient (Wildman–Crippen LogP) is 7.75. The Balaban J connectivity index is -0.000000250. The van der Waals surface area contributed by atoms with Crippen molar-refractivity contribution in [2.75, 3.05) is 32.8 Å². The molecular weight excluding hydrogens is 516 g/mol. The third kappa shape index (κ3) is 29.5. The highest BCUT2D eigenvalue weighted by atomic mass is 16.5. The monoisotopic (exact) mass is 587 g/mol. The number of carbonyl (C=O) groups excluding carboxylic acids is 4. The highest BCUT2D eigenvalue weighted by Gasteiger charge is 2.19. The van der Waals surface area contributed by atoms with Gasteiger partial charge >= 0.3 is 0 Å². The Morgan fingerprint density at radius 1 is 0.707 bits per heavy atom. The third-order valence-corrected chi connectivity index (χ3v) is 6.75. The van der Waals surface area contributed by atoms with E-state index in [2.05, 4.69) is 46.9 Å². The second-order valence-electron chi connectivity index (χ2n) is 11.8. The summed E-state index contributed by atoms with van der Waals surface area (Å²) >= 11 is 0. The minimum Gasteiger partial charge on any atom is -0.381 e. The van der Waals surface area contributed by atoms with E-state index in [9.17, 15) is 19.2 Å². The Labute approximate surface area is 255 Å². The molecule has 0 fully saturated rings. The van der Waals surface area contributed by atoms with Crippen molar-refractivity contribution in [2.24, 2.45) is 29.6 Å². The number of amides is 2. The van der Waals surface area contributed by atoms with Crippen LogP contribution in [-0.2, 0) is 23.9 Å². The van der Waals surface area contributed by atoms with E-state index in [1.54, 1.807) is 11.8 Å². The van der Waals surface area contributed by atoms with Gasteiger partial charge in [-0.15, -0.1) is 0 Å². The summed E-state index contributed by atoms with van der Waals surface area (Å²) in [6.07, 6.45) is 5.25. The van der Waals surface area contributed by atoms with Crippen molar-refractivity contribution in [3.63, 3.8) is 0 Å². The van der Waals surface area contributed by atoms with Crippen LogP contribution in [0.1, 0.15) is 135 Å². The maximum Gasteiger partial charge on any atom is 0.239 e. The van der Waals surface area contributed by atoms with E-state index in [0.717, 1.165) is 19.1 Å². The molecule has 0 bridgehead atoms. The van der Waals surface area contributed by atoms with Gasteiger partial charge in [0.15, 0.2) is 0 Å². The summed E-state index contributed by atoms with van der Waals surface area (Å²) in [7, 11) is 0. The number of ether oxygens (including phenoxy) is 1. The lowest BCUT2D eigenvalue weighted by atomic mass is 9.85. The summed E-state index contributed by atoms with van der Waals surface area (Å²) in [5.41, 5.74) is 0. The fraction of sp³-hybridized carbons (Fsp3) is 0.882. The predicted molar refractivity (Wildman–Crippen MR) is 175 cm³/mol.